The van der Waals surface area contributed by atoms with Crippen LogP contribution in [0.5, 0.6) is 0 Å². The Bertz CT molecular complexity index is 974. The molecule has 8 heteroatoms. The number of nitrogens with one attached hydrogen (secondary N) is 2. The number of hydrogen-bond acceptors (Lipinski definition) is 5. The molecule has 27 heavy (non-hydrogen) atoms. The van der Waals surface area contributed by atoms with Gasteiger partial charge in [0.05, 0.1) is 12.0 Å². The largest absolute Gasteiger partial charge is 0.340 e. The topological polar surface area (TPSA) is 101 Å². The van der Waals surface area contributed by atoms with Gasteiger partial charge in [0.25, 0.3) is 0 Å². The van der Waals surface area contributed by atoms with Gasteiger partial charge in [0.1, 0.15) is 17.7 Å². The summed E-state index contributed by atoms with van der Waals surface area (Å²) < 4.78 is 1.73. The second-order valence-corrected chi connectivity index (χ2v) is 7.23. The molecule has 0 aliphatic carbocycles. The van der Waals surface area contributed by atoms with Crippen LogP contribution in [0.15, 0.2) is 12.7 Å². The summed E-state index contributed by atoms with van der Waals surface area (Å²) in [5, 5.41) is 7.77. The molecule has 0 bridgehead atoms. The Balaban J connectivity index is 1.83. The standard InChI is InChI=1S/C19H25N7O/c1-4-6-7-12(5-2)13-8-14(27)24-18-15(13)11(3)25-26(18)19-16-17(21-9-20-16)22-10-23-19/h9-10,12-13H,4-8H2,1-3H3,(H,24,27)(H,20,21,22,23)/t12-,13+/m1/s1. The van der Waals surface area contributed by atoms with Crippen molar-refractivity contribution in [3.63, 3.8) is 0 Å². The molecule has 2 atom stereocenters. The van der Waals surface area contributed by atoms with Gasteiger partial charge in [-0.05, 0) is 19.3 Å². The van der Waals surface area contributed by atoms with Crippen molar-refractivity contribution < 1.29 is 4.79 Å². The van der Waals surface area contributed by atoms with Gasteiger partial charge in [0.15, 0.2) is 11.5 Å². The summed E-state index contributed by atoms with van der Waals surface area (Å²) >= 11 is 0. The van der Waals surface area contributed by atoms with Crippen LogP contribution in [-0.2, 0) is 4.79 Å². The highest BCUT2D eigenvalue weighted by Gasteiger charge is 2.36. The number of nitrogens with zero attached hydrogens (tertiary/aromatic N) is 5. The number of H-pyrrole nitrogens is 1. The zero-order valence-corrected chi connectivity index (χ0v) is 16.0. The molecule has 8 nitrogen and oxygen atoms in total. The molecule has 0 fully saturated rings. The first kappa shape index (κ1) is 17.6. The summed E-state index contributed by atoms with van der Waals surface area (Å²) in [6.07, 6.45) is 8.11. The maximum absolute atomic E-state index is 12.5. The lowest BCUT2D eigenvalue weighted by molar-refractivity contribution is -0.117. The van der Waals surface area contributed by atoms with E-state index in [1.807, 2.05) is 6.92 Å². The molecular formula is C19H25N7O. The van der Waals surface area contributed by atoms with Crippen LogP contribution < -0.4 is 5.32 Å². The normalized spacial score (nSPS) is 17.7. The number of aromatic nitrogens is 6. The van der Waals surface area contributed by atoms with Gasteiger partial charge in [-0.2, -0.15) is 9.78 Å². The number of carbonyl (C=O) groups is 1. The maximum atomic E-state index is 12.5. The molecule has 1 amide bonds. The Kier molecular flexibility index (Phi) is 4.63. The average Bonchev–Trinajstić information content (AvgIpc) is 3.26. The van der Waals surface area contributed by atoms with Crippen LogP contribution in [0.3, 0.4) is 0 Å². The molecule has 0 saturated heterocycles. The van der Waals surface area contributed by atoms with Crippen molar-refractivity contribution in [2.24, 2.45) is 5.92 Å². The lowest BCUT2D eigenvalue weighted by atomic mass is 9.77. The van der Waals surface area contributed by atoms with Gasteiger partial charge >= 0.3 is 0 Å². The highest BCUT2D eigenvalue weighted by Crippen LogP contribution is 2.43. The second-order valence-electron chi connectivity index (χ2n) is 7.23. The second kappa shape index (κ2) is 7.09. The van der Waals surface area contributed by atoms with Crippen LogP contribution in [-0.4, -0.2) is 35.6 Å². The number of aromatic amines is 1. The summed E-state index contributed by atoms with van der Waals surface area (Å²) in [7, 11) is 0. The molecule has 4 rings (SSSR count). The van der Waals surface area contributed by atoms with Gasteiger partial charge in [0.2, 0.25) is 5.91 Å². The van der Waals surface area contributed by atoms with Gasteiger partial charge in [-0.15, -0.1) is 0 Å². The van der Waals surface area contributed by atoms with Gasteiger partial charge in [-0.25, -0.2) is 15.0 Å². The zero-order chi connectivity index (χ0) is 19.0. The van der Waals surface area contributed by atoms with Crippen LogP contribution in [0, 0.1) is 12.8 Å². The number of unbranched alkanes of at least 4 members (excludes halogenated alkanes) is 1. The summed E-state index contributed by atoms with van der Waals surface area (Å²) in [5.41, 5.74) is 3.37. The summed E-state index contributed by atoms with van der Waals surface area (Å²) in [4.78, 5) is 28.4. The quantitative estimate of drug-likeness (QED) is 0.694. The minimum absolute atomic E-state index is 0.0403. The van der Waals surface area contributed by atoms with E-state index >= 15 is 0 Å². The molecule has 0 radical (unpaired) electrons. The van der Waals surface area contributed by atoms with E-state index in [2.05, 4.69) is 39.1 Å². The average molecular weight is 367 g/mol. The molecule has 1 aliphatic heterocycles. The molecular weight excluding hydrogens is 342 g/mol. The summed E-state index contributed by atoms with van der Waals surface area (Å²) in [5.74, 6) is 2.04. The number of fused-ring (bicyclic) bond motifs is 2. The van der Waals surface area contributed by atoms with Crippen molar-refractivity contribution >= 4 is 22.9 Å². The van der Waals surface area contributed by atoms with Crippen LogP contribution >= 0.6 is 0 Å². The highest BCUT2D eigenvalue weighted by molar-refractivity contribution is 5.95. The first-order chi connectivity index (χ1) is 13.1. The van der Waals surface area contributed by atoms with Gasteiger partial charge in [-0.1, -0.05) is 33.1 Å². The SMILES string of the molecule is CCCC[C@@H](CC)[C@@H]1CC(=O)Nc2c1c(C)nn2-c1ncnc2nc[nH]c12. The molecule has 0 spiro atoms. The minimum atomic E-state index is 0.0403. The fourth-order valence-electron chi connectivity index (χ4n) is 4.21. The fraction of sp³-hybridized carbons (Fsp3) is 0.526. The Morgan fingerprint density at radius 2 is 2.15 bits per heavy atom. The Labute approximate surface area is 157 Å². The van der Waals surface area contributed by atoms with Crippen LogP contribution in [0.2, 0.25) is 0 Å². The highest BCUT2D eigenvalue weighted by atomic mass is 16.1. The molecule has 0 unspecified atom stereocenters. The molecule has 3 aromatic rings. The molecule has 0 aromatic carbocycles. The Morgan fingerprint density at radius 3 is 2.93 bits per heavy atom. The predicted molar refractivity (Wildman–Crippen MR) is 103 cm³/mol. The molecule has 3 aromatic heterocycles. The number of imidazole rings is 1. The third kappa shape index (κ3) is 2.98. The van der Waals surface area contributed by atoms with E-state index in [0.29, 0.717) is 29.3 Å². The smallest absolute Gasteiger partial charge is 0.226 e. The predicted octanol–water partition coefficient (Wildman–Crippen LogP) is 3.49. The molecule has 0 saturated carbocycles. The Morgan fingerprint density at radius 1 is 1.30 bits per heavy atom. The van der Waals surface area contributed by atoms with E-state index in [0.717, 1.165) is 29.9 Å². The molecule has 142 valence electrons. The van der Waals surface area contributed by atoms with Crippen LogP contribution in [0.1, 0.15) is 63.1 Å². The van der Waals surface area contributed by atoms with E-state index < -0.39 is 0 Å². The number of amides is 1. The van der Waals surface area contributed by atoms with Crippen molar-refractivity contribution in [2.45, 2.75) is 58.8 Å². The number of aryl methyl sites for hydroxylation is 1. The minimum Gasteiger partial charge on any atom is -0.340 e. The van der Waals surface area contributed by atoms with E-state index in [-0.39, 0.29) is 11.8 Å². The van der Waals surface area contributed by atoms with E-state index in [1.54, 1.807) is 11.0 Å². The Hall–Kier alpha value is -2.77. The van der Waals surface area contributed by atoms with Crippen molar-refractivity contribution in [2.75, 3.05) is 5.32 Å². The molecule has 4 heterocycles. The van der Waals surface area contributed by atoms with Crippen LogP contribution in [0.25, 0.3) is 17.0 Å². The zero-order valence-electron chi connectivity index (χ0n) is 16.0. The maximum Gasteiger partial charge on any atom is 0.226 e. The fourth-order valence-corrected chi connectivity index (χ4v) is 4.21. The third-order valence-corrected chi connectivity index (χ3v) is 5.57. The summed E-state index contributed by atoms with van der Waals surface area (Å²) in [6.45, 7) is 6.43. The first-order valence-electron chi connectivity index (χ1n) is 9.67. The first-order valence-corrected chi connectivity index (χ1v) is 9.67. The number of carbonyl (C=O) groups excluding carboxylic acids is 1. The van der Waals surface area contributed by atoms with Gasteiger partial charge in [-0.3, -0.25) is 4.79 Å². The van der Waals surface area contributed by atoms with Gasteiger partial charge < -0.3 is 10.3 Å². The van der Waals surface area contributed by atoms with Crippen molar-refractivity contribution in [1.29, 1.82) is 0 Å². The number of anilines is 1. The molecule has 1 aliphatic rings. The van der Waals surface area contributed by atoms with E-state index in [4.69, 9.17) is 5.10 Å². The monoisotopic (exact) mass is 367 g/mol. The third-order valence-electron chi connectivity index (χ3n) is 5.57. The molecule has 2 N–H and O–H groups in total. The van der Waals surface area contributed by atoms with E-state index in [1.165, 1.54) is 19.2 Å². The van der Waals surface area contributed by atoms with Crippen LogP contribution in [0.4, 0.5) is 5.82 Å². The number of hydrogen-bond donors (Lipinski definition) is 2. The lowest BCUT2D eigenvalue weighted by Gasteiger charge is -2.30. The summed E-state index contributed by atoms with van der Waals surface area (Å²) in [6, 6.07) is 0. The van der Waals surface area contributed by atoms with Gasteiger partial charge in [0, 0.05) is 17.9 Å². The number of rotatable bonds is 6. The van der Waals surface area contributed by atoms with Crippen molar-refractivity contribution in [1.82, 2.24) is 29.7 Å². The van der Waals surface area contributed by atoms with E-state index in [9.17, 15) is 4.79 Å². The van der Waals surface area contributed by atoms with Crippen molar-refractivity contribution in [3.8, 4) is 5.82 Å². The lowest BCUT2D eigenvalue weighted by Crippen LogP contribution is -2.28. The van der Waals surface area contributed by atoms with Crippen molar-refractivity contribution in [3.05, 3.63) is 23.9 Å².